The van der Waals surface area contributed by atoms with Crippen LogP contribution in [0.15, 0.2) is 36.4 Å². The first-order chi connectivity index (χ1) is 12.0. The van der Waals surface area contributed by atoms with Crippen LogP contribution in [0, 0.1) is 27.7 Å². The summed E-state index contributed by atoms with van der Waals surface area (Å²) < 4.78 is 0. The first-order valence-electron chi connectivity index (χ1n) is 8.86. The van der Waals surface area contributed by atoms with E-state index in [0.29, 0.717) is 26.3 Å². The molecule has 2 aromatic rings. The Bertz CT molecular complexity index is 573. The second kappa shape index (κ2) is 10.3. The van der Waals surface area contributed by atoms with Crippen LogP contribution in [0.2, 0.25) is 0 Å². The van der Waals surface area contributed by atoms with Gasteiger partial charge in [-0.15, -0.1) is 0 Å². The number of hydrogen-bond acceptors (Lipinski definition) is 4. The molecular formula is C21H30N2O2. The Kier molecular flexibility index (Phi) is 8.09. The second-order valence-corrected chi connectivity index (χ2v) is 6.68. The third-order valence-electron chi connectivity index (χ3n) is 3.81. The minimum atomic E-state index is 0.621. The van der Waals surface area contributed by atoms with E-state index in [1.165, 1.54) is 33.4 Å². The summed E-state index contributed by atoms with van der Waals surface area (Å²) in [4.78, 5) is 10.9. The molecule has 0 spiro atoms. The molecule has 0 aromatic heterocycles. The number of hydroxylamine groups is 2. The molecule has 136 valence electrons. The summed E-state index contributed by atoms with van der Waals surface area (Å²) in [5.41, 5.74) is 13.6. The van der Waals surface area contributed by atoms with Gasteiger partial charge in [0.25, 0.3) is 0 Å². The fourth-order valence-corrected chi connectivity index (χ4v) is 2.96. The van der Waals surface area contributed by atoms with Gasteiger partial charge in [0.05, 0.1) is 13.2 Å². The van der Waals surface area contributed by atoms with Crippen molar-refractivity contribution in [1.29, 1.82) is 0 Å². The summed E-state index contributed by atoms with van der Waals surface area (Å²) in [6.45, 7) is 11.1. The quantitative estimate of drug-likeness (QED) is 0.505. The highest BCUT2D eigenvalue weighted by molar-refractivity contribution is 5.29. The maximum atomic E-state index is 5.46. The van der Waals surface area contributed by atoms with E-state index in [4.69, 9.17) is 9.68 Å². The lowest BCUT2D eigenvalue weighted by Gasteiger charge is -2.09. The van der Waals surface area contributed by atoms with Crippen molar-refractivity contribution >= 4 is 0 Å². The largest absolute Gasteiger partial charge is 0.301 e. The van der Waals surface area contributed by atoms with Gasteiger partial charge in [-0.3, -0.25) is 0 Å². The van der Waals surface area contributed by atoms with Crippen LogP contribution in [-0.4, -0.2) is 13.2 Å². The molecule has 0 amide bonds. The molecule has 0 heterocycles. The Hall–Kier alpha value is -1.72. The highest BCUT2D eigenvalue weighted by Crippen LogP contribution is 2.09. The minimum Gasteiger partial charge on any atom is -0.301 e. The molecule has 0 radical (unpaired) electrons. The fourth-order valence-electron chi connectivity index (χ4n) is 2.96. The molecule has 0 aliphatic rings. The predicted molar refractivity (Wildman–Crippen MR) is 102 cm³/mol. The lowest BCUT2D eigenvalue weighted by Crippen LogP contribution is -2.19. The monoisotopic (exact) mass is 342 g/mol. The molecule has 2 aromatic carbocycles. The van der Waals surface area contributed by atoms with Crippen LogP contribution >= 0.6 is 0 Å². The third kappa shape index (κ3) is 7.80. The lowest BCUT2D eigenvalue weighted by molar-refractivity contribution is -0.00561. The summed E-state index contributed by atoms with van der Waals surface area (Å²) in [5, 5.41) is 0. The Morgan fingerprint density at radius 3 is 1.32 bits per heavy atom. The molecule has 0 unspecified atom stereocenters. The number of aryl methyl sites for hydroxylation is 4. The van der Waals surface area contributed by atoms with Gasteiger partial charge in [0.2, 0.25) is 0 Å². The Labute approximate surface area is 151 Å². The molecule has 0 atom stereocenters. The van der Waals surface area contributed by atoms with Crippen LogP contribution in [0.1, 0.15) is 39.8 Å². The minimum absolute atomic E-state index is 0.621. The Morgan fingerprint density at radius 2 is 0.960 bits per heavy atom. The van der Waals surface area contributed by atoms with Gasteiger partial charge in [0.1, 0.15) is 0 Å². The van der Waals surface area contributed by atoms with Crippen LogP contribution in [-0.2, 0) is 22.8 Å². The van der Waals surface area contributed by atoms with E-state index in [1.54, 1.807) is 0 Å². The van der Waals surface area contributed by atoms with Gasteiger partial charge in [-0.2, -0.15) is 11.0 Å². The van der Waals surface area contributed by atoms with Gasteiger partial charge >= 0.3 is 0 Å². The summed E-state index contributed by atoms with van der Waals surface area (Å²) in [6, 6.07) is 13.0. The van der Waals surface area contributed by atoms with Crippen molar-refractivity contribution in [2.75, 3.05) is 13.2 Å². The topological polar surface area (TPSA) is 42.5 Å². The van der Waals surface area contributed by atoms with Gasteiger partial charge in [-0.1, -0.05) is 58.7 Å². The van der Waals surface area contributed by atoms with Gasteiger partial charge in [0, 0.05) is 13.1 Å². The molecule has 4 heteroatoms. The summed E-state index contributed by atoms with van der Waals surface area (Å²) >= 11 is 0. The average molecular weight is 342 g/mol. The summed E-state index contributed by atoms with van der Waals surface area (Å²) in [5.74, 6) is 0. The van der Waals surface area contributed by atoms with Crippen LogP contribution in [0.4, 0.5) is 0 Å². The molecular weight excluding hydrogens is 312 g/mol. The first-order valence-corrected chi connectivity index (χ1v) is 8.86. The molecule has 0 saturated heterocycles. The van der Waals surface area contributed by atoms with Crippen molar-refractivity contribution in [2.24, 2.45) is 0 Å². The lowest BCUT2D eigenvalue weighted by atomic mass is 10.1. The molecule has 0 saturated carbocycles. The van der Waals surface area contributed by atoms with E-state index in [1.807, 2.05) is 0 Å². The molecule has 25 heavy (non-hydrogen) atoms. The zero-order valence-electron chi connectivity index (χ0n) is 15.8. The zero-order valence-corrected chi connectivity index (χ0v) is 15.8. The van der Waals surface area contributed by atoms with Gasteiger partial charge in [-0.05, 0) is 45.2 Å². The maximum Gasteiger partial charge on any atom is 0.0705 e. The van der Waals surface area contributed by atoms with Crippen molar-refractivity contribution in [3.05, 3.63) is 69.8 Å². The molecule has 2 N–H and O–H groups in total. The van der Waals surface area contributed by atoms with Gasteiger partial charge in [0.15, 0.2) is 0 Å². The van der Waals surface area contributed by atoms with Crippen LogP contribution in [0.5, 0.6) is 0 Å². The number of benzene rings is 2. The maximum absolute atomic E-state index is 5.46. The number of hydrogen-bond donors (Lipinski definition) is 2. The first kappa shape index (κ1) is 19.6. The zero-order chi connectivity index (χ0) is 18.1. The van der Waals surface area contributed by atoms with Crippen molar-refractivity contribution < 1.29 is 9.68 Å². The summed E-state index contributed by atoms with van der Waals surface area (Å²) in [7, 11) is 0. The van der Waals surface area contributed by atoms with Crippen molar-refractivity contribution in [3.63, 3.8) is 0 Å². The second-order valence-electron chi connectivity index (χ2n) is 6.68. The van der Waals surface area contributed by atoms with Crippen LogP contribution in [0.25, 0.3) is 0 Å². The van der Waals surface area contributed by atoms with Crippen molar-refractivity contribution in [2.45, 2.75) is 47.2 Å². The number of nitrogens with one attached hydrogen (secondary N) is 2. The molecule has 0 aliphatic carbocycles. The number of rotatable bonds is 10. The van der Waals surface area contributed by atoms with Crippen molar-refractivity contribution in [3.8, 4) is 0 Å². The Morgan fingerprint density at radius 1 is 0.600 bits per heavy atom. The SMILES string of the molecule is Cc1cc(C)cc(CNOCCCONCc2cc(C)cc(C)c2)c1. The Balaban J connectivity index is 1.51. The van der Waals surface area contributed by atoms with Crippen LogP contribution in [0.3, 0.4) is 0 Å². The van der Waals surface area contributed by atoms with Crippen molar-refractivity contribution in [1.82, 2.24) is 11.0 Å². The average Bonchev–Trinajstić information content (AvgIpc) is 2.51. The molecule has 2 rings (SSSR count). The fraction of sp³-hybridized carbons (Fsp3) is 0.429. The highest BCUT2D eigenvalue weighted by atomic mass is 16.7. The summed E-state index contributed by atoms with van der Waals surface area (Å²) in [6.07, 6.45) is 0.833. The van der Waals surface area contributed by atoms with E-state index in [0.717, 1.165) is 6.42 Å². The molecule has 0 bridgehead atoms. The molecule has 4 nitrogen and oxygen atoms in total. The third-order valence-corrected chi connectivity index (χ3v) is 3.81. The predicted octanol–water partition coefficient (Wildman–Crippen LogP) is 4.05. The van der Waals surface area contributed by atoms with E-state index in [2.05, 4.69) is 75.1 Å². The smallest absolute Gasteiger partial charge is 0.0705 e. The van der Waals surface area contributed by atoms with Crippen LogP contribution < -0.4 is 11.0 Å². The van der Waals surface area contributed by atoms with Gasteiger partial charge < -0.3 is 9.68 Å². The highest BCUT2D eigenvalue weighted by Gasteiger charge is 1.98. The molecule has 0 aliphatic heterocycles. The van der Waals surface area contributed by atoms with E-state index in [-0.39, 0.29) is 0 Å². The normalized spacial score (nSPS) is 11.0. The standard InChI is InChI=1S/C21H30N2O2/c1-16-8-17(2)11-20(10-16)14-22-24-6-5-7-25-23-15-21-12-18(3)9-19(4)13-21/h8-13,22-23H,5-7,14-15H2,1-4H3. The van der Waals surface area contributed by atoms with Gasteiger partial charge in [-0.25, -0.2) is 0 Å². The molecule has 0 fully saturated rings. The van der Waals surface area contributed by atoms with E-state index >= 15 is 0 Å². The van der Waals surface area contributed by atoms with E-state index in [9.17, 15) is 0 Å². The van der Waals surface area contributed by atoms with E-state index < -0.39 is 0 Å².